The summed E-state index contributed by atoms with van der Waals surface area (Å²) in [6.45, 7) is 12.0. The molecule has 1 atom stereocenters. The van der Waals surface area contributed by atoms with Crippen molar-refractivity contribution in [2.75, 3.05) is 0 Å². The predicted octanol–water partition coefficient (Wildman–Crippen LogP) is 2.11. The lowest BCUT2D eigenvalue weighted by Crippen LogP contribution is -2.48. The predicted molar refractivity (Wildman–Crippen MR) is 72.9 cm³/mol. The molecule has 1 saturated heterocycles. The van der Waals surface area contributed by atoms with E-state index in [1.54, 1.807) is 6.33 Å². The summed E-state index contributed by atoms with van der Waals surface area (Å²) < 4.78 is 7.85. The van der Waals surface area contributed by atoms with Gasteiger partial charge in [-0.2, -0.15) is 5.10 Å². The van der Waals surface area contributed by atoms with E-state index in [9.17, 15) is 5.11 Å². The highest BCUT2D eigenvalue weighted by Gasteiger charge is 2.56. The van der Waals surface area contributed by atoms with E-state index in [2.05, 4.69) is 23.9 Å². The van der Waals surface area contributed by atoms with Crippen molar-refractivity contribution in [2.45, 2.75) is 77.2 Å². The normalized spacial score (nSPS) is 29.1. The van der Waals surface area contributed by atoms with Gasteiger partial charge in [0.25, 0.3) is 0 Å². The second kappa shape index (κ2) is 4.28. The Hall–Kier alpha value is -0.940. The Morgan fingerprint density at radius 2 is 2.00 bits per heavy atom. The molecule has 1 N–H and O–H groups in total. The molecule has 0 amide bonds. The largest absolute Gasteiger partial charge is 0.386 e. The smallest absolute Gasteiger partial charge is 0.138 e. The van der Waals surface area contributed by atoms with Crippen LogP contribution in [0.3, 0.4) is 0 Å². The maximum absolute atomic E-state index is 11.0. The lowest BCUT2D eigenvalue weighted by Gasteiger charge is -2.34. The molecule has 19 heavy (non-hydrogen) atoms. The number of ether oxygens (including phenoxy) is 1. The van der Waals surface area contributed by atoms with E-state index in [0.717, 1.165) is 5.82 Å². The Morgan fingerprint density at radius 1 is 1.37 bits per heavy atom. The third-order valence-electron chi connectivity index (χ3n) is 3.96. The number of hydrogen-bond donors (Lipinski definition) is 1. The molecule has 5 heteroatoms. The Morgan fingerprint density at radius 3 is 2.47 bits per heavy atom. The van der Waals surface area contributed by atoms with E-state index in [1.165, 1.54) is 0 Å². The van der Waals surface area contributed by atoms with Gasteiger partial charge in [-0.25, -0.2) is 9.67 Å². The maximum Gasteiger partial charge on any atom is 0.138 e. The summed E-state index contributed by atoms with van der Waals surface area (Å²) in [6.07, 6.45) is 2.60. The van der Waals surface area contributed by atoms with Gasteiger partial charge in [-0.3, -0.25) is 0 Å². The summed E-state index contributed by atoms with van der Waals surface area (Å²) in [5, 5.41) is 15.3. The van der Waals surface area contributed by atoms with Gasteiger partial charge in [0.1, 0.15) is 17.8 Å². The quantitative estimate of drug-likeness (QED) is 0.911. The van der Waals surface area contributed by atoms with Crippen LogP contribution in [0.1, 0.15) is 59.8 Å². The first kappa shape index (κ1) is 14.5. The first-order chi connectivity index (χ1) is 8.56. The van der Waals surface area contributed by atoms with Crippen LogP contribution in [0.5, 0.6) is 0 Å². The van der Waals surface area contributed by atoms with Gasteiger partial charge in [-0.1, -0.05) is 0 Å². The van der Waals surface area contributed by atoms with Crippen molar-refractivity contribution in [3.63, 3.8) is 0 Å². The molecule has 0 radical (unpaired) electrons. The third kappa shape index (κ3) is 2.54. The minimum atomic E-state index is -0.920. The topological polar surface area (TPSA) is 60.2 Å². The van der Waals surface area contributed by atoms with Crippen LogP contribution in [0.15, 0.2) is 6.33 Å². The van der Waals surface area contributed by atoms with Crippen LogP contribution in [0, 0.1) is 0 Å². The van der Waals surface area contributed by atoms with E-state index in [1.807, 2.05) is 32.4 Å². The fraction of sp³-hybridized carbons (Fsp3) is 0.857. The molecule has 1 unspecified atom stereocenters. The summed E-state index contributed by atoms with van der Waals surface area (Å²) in [5.41, 5.74) is -1.83. The Labute approximate surface area is 115 Å². The molecule has 1 aliphatic heterocycles. The minimum Gasteiger partial charge on any atom is -0.386 e. The maximum atomic E-state index is 11.0. The number of nitrogens with zero attached hydrogens (tertiary/aromatic N) is 3. The lowest BCUT2D eigenvalue weighted by atomic mass is 9.79. The van der Waals surface area contributed by atoms with Gasteiger partial charge in [0.15, 0.2) is 0 Å². The number of hydrogen-bond acceptors (Lipinski definition) is 4. The zero-order valence-electron chi connectivity index (χ0n) is 12.8. The highest BCUT2D eigenvalue weighted by molar-refractivity contribution is 5.10. The van der Waals surface area contributed by atoms with Gasteiger partial charge in [-0.05, 0) is 41.5 Å². The number of rotatable bonds is 3. The highest BCUT2D eigenvalue weighted by Crippen LogP contribution is 2.46. The molecule has 0 spiro atoms. The van der Waals surface area contributed by atoms with Gasteiger partial charge >= 0.3 is 0 Å². The molecule has 1 aromatic rings. The van der Waals surface area contributed by atoms with Gasteiger partial charge in [0, 0.05) is 18.9 Å². The molecule has 0 bridgehead atoms. The monoisotopic (exact) mass is 267 g/mol. The van der Waals surface area contributed by atoms with Crippen molar-refractivity contribution in [3.8, 4) is 0 Å². The second-order valence-electron chi connectivity index (χ2n) is 6.97. The first-order valence-corrected chi connectivity index (χ1v) is 6.87. The molecular formula is C14H25N3O2. The third-order valence-corrected chi connectivity index (χ3v) is 3.96. The molecule has 0 saturated carbocycles. The van der Waals surface area contributed by atoms with Crippen LogP contribution in [0.4, 0.5) is 0 Å². The van der Waals surface area contributed by atoms with Gasteiger partial charge in [-0.15, -0.1) is 0 Å². The van der Waals surface area contributed by atoms with E-state index in [0.29, 0.717) is 12.8 Å². The summed E-state index contributed by atoms with van der Waals surface area (Å²) >= 11 is 0. The Bertz CT molecular complexity index is 465. The molecule has 0 aliphatic carbocycles. The van der Waals surface area contributed by atoms with Gasteiger partial charge in [0.2, 0.25) is 0 Å². The van der Waals surface area contributed by atoms with E-state index in [4.69, 9.17) is 4.74 Å². The zero-order chi connectivity index (χ0) is 14.5. The van der Waals surface area contributed by atoms with Crippen LogP contribution >= 0.6 is 0 Å². The van der Waals surface area contributed by atoms with Gasteiger partial charge < -0.3 is 9.84 Å². The van der Waals surface area contributed by atoms with Crippen molar-refractivity contribution in [2.24, 2.45) is 0 Å². The Kier molecular flexibility index (Phi) is 3.26. The first-order valence-electron chi connectivity index (χ1n) is 6.87. The fourth-order valence-corrected chi connectivity index (χ4v) is 3.11. The summed E-state index contributed by atoms with van der Waals surface area (Å²) in [6, 6.07) is 0.236. The molecule has 2 heterocycles. The molecule has 1 aromatic heterocycles. The highest BCUT2D eigenvalue weighted by atomic mass is 16.5. The van der Waals surface area contributed by atoms with E-state index >= 15 is 0 Å². The summed E-state index contributed by atoms with van der Waals surface area (Å²) in [4.78, 5) is 4.30. The molecule has 108 valence electrons. The average Bonchev–Trinajstić information content (AvgIpc) is 2.67. The van der Waals surface area contributed by atoms with Crippen LogP contribution < -0.4 is 0 Å². The molecule has 1 fully saturated rings. The van der Waals surface area contributed by atoms with Crippen molar-refractivity contribution in [1.82, 2.24) is 14.8 Å². The van der Waals surface area contributed by atoms with Gasteiger partial charge in [0.05, 0.1) is 11.2 Å². The summed E-state index contributed by atoms with van der Waals surface area (Å²) in [7, 11) is 0. The Balaban J connectivity index is 2.29. The zero-order valence-corrected chi connectivity index (χ0v) is 12.8. The molecule has 1 aliphatic rings. The number of aliphatic hydroxyl groups is 1. The van der Waals surface area contributed by atoms with Crippen molar-refractivity contribution >= 4 is 0 Å². The molecule has 2 rings (SSSR count). The van der Waals surface area contributed by atoms with Crippen LogP contribution in [-0.4, -0.2) is 36.7 Å². The summed E-state index contributed by atoms with van der Waals surface area (Å²) in [5.74, 6) is 0.812. The van der Waals surface area contributed by atoms with E-state index < -0.39 is 11.2 Å². The fourth-order valence-electron chi connectivity index (χ4n) is 3.11. The number of aromatic nitrogens is 3. The van der Waals surface area contributed by atoms with Crippen LogP contribution in [-0.2, 0) is 11.2 Å². The second-order valence-corrected chi connectivity index (χ2v) is 6.97. The van der Waals surface area contributed by atoms with Crippen LogP contribution in [0.2, 0.25) is 0 Å². The SMILES string of the molecule is CC(C)n1ncnc1CC1(O)CC(C)(C)OC1(C)C. The van der Waals surface area contributed by atoms with E-state index in [-0.39, 0.29) is 11.6 Å². The van der Waals surface area contributed by atoms with Crippen molar-refractivity contribution in [3.05, 3.63) is 12.2 Å². The van der Waals surface area contributed by atoms with Crippen molar-refractivity contribution in [1.29, 1.82) is 0 Å². The molecular weight excluding hydrogens is 242 g/mol. The lowest BCUT2D eigenvalue weighted by molar-refractivity contribution is -0.126. The minimum absolute atomic E-state index is 0.236. The average molecular weight is 267 g/mol. The van der Waals surface area contributed by atoms with Crippen LogP contribution in [0.25, 0.3) is 0 Å². The molecule has 0 aromatic carbocycles. The molecule has 5 nitrogen and oxygen atoms in total. The van der Waals surface area contributed by atoms with Crippen molar-refractivity contribution < 1.29 is 9.84 Å². The standard InChI is InChI=1S/C14H25N3O2/c1-10(2)17-11(15-9-16-17)7-14(18)8-12(3,4)19-13(14,5)6/h9-10,18H,7-8H2,1-6H3.